The lowest BCUT2D eigenvalue weighted by Crippen LogP contribution is -2.23. The van der Waals surface area contributed by atoms with Crippen LogP contribution in [0.2, 0.25) is 5.02 Å². The summed E-state index contributed by atoms with van der Waals surface area (Å²) in [5, 5.41) is 0.713. The van der Waals surface area contributed by atoms with Crippen molar-refractivity contribution in [2.75, 3.05) is 20.6 Å². The molecular formula is C22H25ClN2O. The number of amides is 1. The Balaban J connectivity index is 1.87. The maximum Gasteiger partial charge on any atom is 0.255 e. The Morgan fingerprint density at radius 3 is 2.54 bits per heavy atom. The second kappa shape index (κ2) is 7.65. The first-order valence-electron chi connectivity index (χ1n) is 8.86. The number of nitrogens with zero attached hydrogens (tertiary/aromatic N) is 2. The highest BCUT2D eigenvalue weighted by Gasteiger charge is 2.29. The molecule has 3 nitrogen and oxygen atoms in total. The van der Waals surface area contributed by atoms with Gasteiger partial charge in [-0.3, -0.25) is 4.79 Å². The third-order valence-corrected chi connectivity index (χ3v) is 5.02. The van der Waals surface area contributed by atoms with Crippen LogP contribution in [0, 0.1) is 6.92 Å². The Hall–Kier alpha value is -2.10. The number of halogens is 1. The monoisotopic (exact) mass is 368 g/mol. The molecule has 4 heteroatoms. The van der Waals surface area contributed by atoms with Crippen LogP contribution in [0.1, 0.15) is 39.5 Å². The molecule has 0 spiro atoms. The number of carbonyl (C=O) groups excluding carboxylic acids is 1. The molecule has 26 heavy (non-hydrogen) atoms. The van der Waals surface area contributed by atoms with Crippen LogP contribution in [0.3, 0.4) is 0 Å². The van der Waals surface area contributed by atoms with Gasteiger partial charge in [-0.1, -0.05) is 35.9 Å². The zero-order chi connectivity index (χ0) is 18.8. The van der Waals surface area contributed by atoms with E-state index in [1.54, 1.807) is 0 Å². The molecule has 0 aliphatic carbocycles. The number of allylic oxidation sites excluding steroid dienone is 1. The molecule has 0 unspecified atom stereocenters. The van der Waals surface area contributed by atoms with Crippen molar-refractivity contribution in [3.05, 3.63) is 75.3 Å². The molecule has 1 aliphatic rings. The van der Waals surface area contributed by atoms with Crippen LogP contribution in [0.5, 0.6) is 0 Å². The number of likely N-dealkylation sites (N-methyl/N-ethyl adjacent to an activating group) is 1. The van der Waals surface area contributed by atoms with E-state index >= 15 is 0 Å². The SMILES string of the molecule is C/C=C(\CN(C)C)c1cc(C)c2c(c1)CN(Cc1ccc(Cl)cc1)C2=O. The highest BCUT2D eigenvalue weighted by Crippen LogP contribution is 2.31. The van der Waals surface area contributed by atoms with Crippen molar-refractivity contribution in [3.63, 3.8) is 0 Å². The second-order valence-corrected chi connectivity index (χ2v) is 7.60. The van der Waals surface area contributed by atoms with Crippen molar-refractivity contribution >= 4 is 23.1 Å². The number of benzene rings is 2. The van der Waals surface area contributed by atoms with Crippen LogP contribution in [-0.4, -0.2) is 36.3 Å². The summed E-state index contributed by atoms with van der Waals surface area (Å²) in [4.78, 5) is 17.0. The summed E-state index contributed by atoms with van der Waals surface area (Å²) in [6.45, 7) is 6.25. The first-order chi connectivity index (χ1) is 12.4. The number of aryl methyl sites for hydroxylation is 1. The molecule has 0 N–H and O–H groups in total. The first kappa shape index (κ1) is 18.7. The number of carbonyl (C=O) groups is 1. The van der Waals surface area contributed by atoms with E-state index in [4.69, 9.17) is 11.6 Å². The van der Waals surface area contributed by atoms with Crippen molar-refractivity contribution in [3.8, 4) is 0 Å². The van der Waals surface area contributed by atoms with Gasteiger partial charge in [0.25, 0.3) is 5.91 Å². The minimum atomic E-state index is 0.119. The molecule has 0 radical (unpaired) electrons. The van der Waals surface area contributed by atoms with Crippen molar-refractivity contribution in [1.82, 2.24) is 9.80 Å². The zero-order valence-corrected chi connectivity index (χ0v) is 16.6. The van der Waals surface area contributed by atoms with Gasteiger partial charge >= 0.3 is 0 Å². The van der Waals surface area contributed by atoms with Crippen molar-refractivity contribution < 1.29 is 4.79 Å². The fourth-order valence-electron chi connectivity index (χ4n) is 3.54. The Labute approximate surface area is 160 Å². The van der Waals surface area contributed by atoms with Gasteiger partial charge in [-0.05, 0) is 74.0 Å². The van der Waals surface area contributed by atoms with Crippen LogP contribution in [0.25, 0.3) is 5.57 Å². The molecule has 2 aromatic carbocycles. The van der Waals surface area contributed by atoms with Gasteiger partial charge < -0.3 is 9.80 Å². The summed E-state index contributed by atoms with van der Waals surface area (Å²) in [6, 6.07) is 12.0. The predicted molar refractivity (Wildman–Crippen MR) is 108 cm³/mol. The van der Waals surface area contributed by atoms with Gasteiger partial charge in [0, 0.05) is 30.2 Å². The predicted octanol–water partition coefficient (Wildman–Crippen LogP) is 4.77. The minimum absolute atomic E-state index is 0.119. The lowest BCUT2D eigenvalue weighted by atomic mass is 9.96. The standard InChI is InChI=1S/C22H25ClN2O/c1-5-17(13-24(3)4)18-10-15(2)21-19(11-18)14-25(22(21)26)12-16-6-8-20(23)9-7-16/h5-11H,12-14H2,1-4H3/b17-5+. The average Bonchev–Trinajstić information content (AvgIpc) is 2.90. The quantitative estimate of drug-likeness (QED) is 0.759. The molecule has 1 aliphatic heterocycles. The summed E-state index contributed by atoms with van der Waals surface area (Å²) in [5.41, 5.74) is 6.62. The molecule has 0 atom stereocenters. The van der Waals surface area contributed by atoms with E-state index in [0.717, 1.165) is 28.8 Å². The van der Waals surface area contributed by atoms with E-state index in [-0.39, 0.29) is 5.91 Å². The fraction of sp³-hybridized carbons (Fsp3) is 0.318. The van der Waals surface area contributed by atoms with Crippen molar-refractivity contribution in [1.29, 1.82) is 0 Å². The maximum absolute atomic E-state index is 12.9. The number of rotatable bonds is 5. The molecule has 0 saturated heterocycles. The smallest absolute Gasteiger partial charge is 0.255 e. The van der Waals surface area contributed by atoms with Crippen LogP contribution in [-0.2, 0) is 13.1 Å². The van der Waals surface area contributed by atoms with Crippen LogP contribution in [0.15, 0.2) is 42.5 Å². The Bertz CT molecular complexity index is 853. The Morgan fingerprint density at radius 1 is 1.23 bits per heavy atom. The lowest BCUT2D eigenvalue weighted by Gasteiger charge is -2.15. The first-order valence-corrected chi connectivity index (χ1v) is 9.24. The molecule has 0 bridgehead atoms. The summed E-state index contributed by atoms with van der Waals surface area (Å²) in [7, 11) is 4.14. The number of hydrogen-bond acceptors (Lipinski definition) is 2. The molecule has 1 amide bonds. The maximum atomic E-state index is 12.9. The van der Waals surface area contributed by atoms with Crippen LogP contribution < -0.4 is 0 Å². The summed E-state index contributed by atoms with van der Waals surface area (Å²) >= 11 is 5.96. The lowest BCUT2D eigenvalue weighted by molar-refractivity contribution is 0.0766. The summed E-state index contributed by atoms with van der Waals surface area (Å²) in [5.74, 6) is 0.119. The molecule has 0 aromatic heterocycles. The topological polar surface area (TPSA) is 23.6 Å². The fourth-order valence-corrected chi connectivity index (χ4v) is 3.67. The van der Waals surface area contributed by atoms with E-state index in [1.165, 1.54) is 11.1 Å². The molecular weight excluding hydrogens is 344 g/mol. The van der Waals surface area contributed by atoms with Crippen molar-refractivity contribution in [2.24, 2.45) is 0 Å². The molecule has 1 heterocycles. The third-order valence-electron chi connectivity index (χ3n) is 4.77. The van der Waals surface area contributed by atoms with Crippen LogP contribution >= 0.6 is 11.6 Å². The molecule has 136 valence electrons. The Morgan fingerprint density at radius 2 is 1.92 bits per heavy atom. The number of hydrogen-bond donors (Lipinski definition) is 0. The highest BCUT2D eigenvalue weighted by atomic mass is 35.5. The van der Waals surface area contributed by atoms with Crippen LogP contribution in [0.4, 0.5) is 0 Å². The van der Waals surface area contributed by atoms with Gasteiger partial charge in [0.1, 0.15) is 0 Å². The molecule has 2 aromatic rings. The molecule has 3 rings (SSSR count). The summed E-state index contributed by atoms with van der Waals surface area (Å²) in [6.07, 6.45) is 2.16. The minimum Gasteiger partial charge on any atom is -0.330 e. The van der Waals surface area contributed by atoms with E-state index in [9.17, 15) is 4.79 Å². The van der Waals surface area contributed by atoms with Gasteiger partial charge in [0.15, 0.2) is 0 Å². The van der Waals surface area contributed by atoms with Gasteiger partial charge in [-0.15, -0.1) is 0 Å². The zero-order valence-electron chi connectivity index (χ0n) is 15.8. The van der Waals surface area contributed by atoms with Crippen molar-refractivity contribution in [2.45, 2.75) is 26.9 Å². The van der Waals surface area contributed by atoms with Gasteiger partial charge in [0.2, 0.25) is 0 Å². The van der Waals surface area contributed by atoms with Gasteiger partial charge in [0.05, 0.1) is 0 Å². The summed E-state index contributed by atoms with van der Waals surface area (Å²) < 4.78 is 0. The van der Waals surface area contributed by atoms with Gasteiger partial charge in [-0.25, -0.2) is 0 Å². The van der Waals surface area contributed by atoms with E-state index < -0.39 is 0 Å². The second-order valence-electron chi connectivity index (χ2n) is 7.17. The van der Waals surface area contributed by atoms with Gasteiger partial charge in [-0.2, -0.15) is 0 Å². The highest BCUT2D eigenvalue weighted by molar-refractivity contribution is 6.30. The number of fused-ring (bicyclic) bond motifs is 1. The molecule has 0 saturated carbocycles. The third kappa shape index (κ3) is 3.84. The van der Waals surface area contributed by atoms with E-state index in [1.807, 2.05) is 36.1 Å². The largest absolute Gasteiger partial charge is 0.330 e. The normalized spacial score (nSPS) is 14.3. The average molecular weight is 369 g/mol. The molecule has 0 fully saturated rings. The Kier molecular flexibility index (Phi) is 5.49. The van der Waals surface area contributed by atoms with E-state index in [2.05, 4.69) is 44.1 Å². The van der Waals surface area contributed by atoms with E-state index in [0.29, 0.717) is 18.1 Å².